The Morgan fingerprint density at radius 2 is 0.606 bits per heavy atom. The van der Waals surface area contributed by atoms with Crippen molar-refractivity contribution in [2.75, 3.05) is 9.80 Å². The van der Waals surface area contributed by atoms with Crippen LogP contribution in [0.4, 0.5) is 34.1 Å². The van der Waals surface area contributed by atoms with E-state index in [-0.39, 0.29) is 43.8 Å². The summed E-state index contributed by atoms with van der Waals surface area (Å²) in [6.45, 7) is 4.39. The lowest BCUT2D eigenvalue weighted by molar-refractivity contribution is 0.590. The number of hydrogen-bond acceptors (Lipinski definition) is 2. The van der Waals surface area contributed by atoms with Gasteiger partial charge in [-0.1, -0.05) is 299 Å². The van der Waals surface area contributed by atoms with Crippen LogP contribution in [0.1, 0.15) is 56.5 Å². The van der Waals surface area contributed by atoms with Crippen LogP contribution in [-0.4, -0.2) is 15.8 Å². The molecule has 2 aliphatic heterocycles. The van der Waals surface area contributed by atoms with Gasteiger partial charge in [-0.15, -0.1) is 0 Å². The predicted molar refractivity (Wildman–Crippen MR) is 420 cm³/mol. The molecule has 0 saturated heterocycles. The minimum atomic E-state index is -1.65. The molecular formula is C94H67BN4. The summed E-state index contributed by atoms with van der Waals surface area (Å²) in [5.74, 6) is 0. The first-order chi connectivity index (χ1) is 58.0. The quantitative estimate of drug-likeness (QED) is 0.127. The van der Waals surface area contributed by atoms with Crippen molar-refractivity contribution in [3.8, 4) is 78.1 Å². The molecule has 0 saturated carbocycles. The predicted octanol–water partition coefficient (Wildman–Crippen LogP) is 23.3. The van der Waals surface area contributed by atoms with Gasteiger partial charge in [0.2, 0.25) is 0 Å². The first kappa shape index (κ1) is 39.6. The van der Waals surface area contributed by atoms with Gasteiger partial charge in [0.25, 0.3) is 6.71 Å². The van der Waals surface area contributed by atoms with Crippen LogP contribution >= 0.6 is 0 Å². The molecule has 466 valence electrons. The molecule has 4 nitrogen and oxygen atoms in total. The highest BCUT2D eigenvalue weighted by molar-refractivity contribution is 7.00. The van der Waals surface area contributed by atoms with Crippen LogP contribution in [0.15, 0.2) is 351 Å². The standard InChI is InChI=1S/C94H67BN4/c1-94(2,3)70-58-89-91-90(59-70)99(93-74(65-34-14-7-15-35-65)45-27-47-76(93)69-39-25-37-67(57-69)63-30-10-5-11-31-63)88-61-72(97-85-50-22-18-42-79(85)80-43-19-23-51-86(80)97)53-55-82(88)95(91)81-54-52-71(96-83-48-20-16-40-77(83)78-41-17-21-49-84(78)96)60-87(81)98(89)92-73(64-32-12-6-13-33-64)44-26-46-75(92)68-38-24-36-66(56-68)62-28-8-4-9-29-62/h4-61H,1-3H3/i16D,17D,18D,19D,20D,21D,22D,23D,40D,41D,42D,43D,48D,49D,50D,51D,52D,53D,54D,55D,60D,61D. The molecular weight excluding hydrogens is 1200 g/mol. The number of benzene rings is 15. The summed E-state index contributed by atoms with van der Waals surface area (Å²) in [5.41, 5.74) is 6.17. The van der Waals surface area contributed by atoms with Crippen LogP contribution in [0.2, 0.25) is 0 Å². The van der Waals surface area contributed by atoms with E-state index in [1.54, 1.807) is 0 Å². The molecule has 2 aliphatic rings. The highest BCUT2D eigenvalue weighted by atomic mass is 15.2. The van der Waals surface area contributed by atoms with E-state index in [1.165, 1.54) is 0 Å². The molecule has 5 heteroatoms. The summed E-state index contributed by atoms with van der Waals surface area (Å²) in [5, 5.41) is -1.42. The lowest BCUT2D eigenvalue weighted by atomic mass is 9.33. The van der Waals surface area contributed by atoms with Gasteiger partial charge in [0.1, 0.15) is 0 Å². The third kappa shape index (κ3) is 9.44. The zero-order chi connectivity index (χ0) is 85.0. The summed E-state index contributed by atoms with van der Waals surface area (Å²) in [7, 11) is 0. The van der Waals surface area contributed by atoms with Crippen LogP contribution in [0.3, 0.4) is 0 Å². The highest BCUT2D eigenvalue weighted by Crippen LogP contribution is 2.55. The number of anilines is 6. The van der Waals surface area contributed by atoms with Crippen molar-refractivity contribution in [3.05, 3.63) is 357 Å². The van der Waals surface area contributed by atoms with Crippen LogP contribution in [0.25, 0.3) is 122 Å². The van der Waals surface area contributed by atoms with Crippen molar-refractivity contribution in [2.24, 2.45) is 0 Å². The van der Waals surface area contributed by atoms with Gasteiger partial charge in [0.05, 0.1) is 63.6 Å². The molecule has 0 unspecified atom stereocenters. The Kier molecular flexibility index (Phi) is 9.25. The topological polar surface area (TPSA) is 16.3 Å². The molecule has 0 fully saturated rings. The molecule has 0 amide bonds. The first-order valence-electron chi connectivity index (χ1n) is 43.7. The van der Waals surface area contributed by atoms with Crippen molar-refractivity contribution in [1.29, 1.82) is 0 Å². The number of hydrogen-bond donors (Lipinski definition) is 0. The van der Waals surface area contributed by atoms with E-state index in [0.29, 0.717) is 78.3 Å². The summed E-state index contributed by atoms with van der Waals surface area (Å²) in [6, 6.07) is 54.0. The Morgan fingerprint density at radius 3 is 0.970 bits per heavy atom. The number of nitrogens with zero attached hydrogens (tertiary/aromatic N) is 4. The zero-order valence-corrected chi connectivity index (χ0v) is 53.7. The molecule has 0 bridgehead atoms. The Labute approximate surface area is 608 Å². The highest BCUT2D eigenvalue weighted by Gasteiger charge is 2.46. The Bertz CT molecular complexity index is 6840. The molecule has 99 heavy (non-hydrogen) atoms. The first-order valence-corrected chi connectivity index (χ1v) is 32.7. The van der Waals surface area contributed by atoms with Gasteiger partial charge in [-0.2, -0.15) is 0 Å². The second-order valence-electron chi connectivity index (χ2n) is 25.8. The molecule has 2 aromatic heterocycles. The van der Waals surface area contributed by atoms with Crippen LogP contribution in [0, 0.1) is 0 Å². The Morgan fingerprint density at radius 1 is 0.293 bits per heavy atom. The van der Waals surface area contributed by atoms with Gasteiger partial charge >= 0.3 is 0 Å². The van der Waals surface area contributed by atoms with E-state index in [2.05, 4.69) is 0 Å². The van der Waals surface area contributed by atoms with Gasteiger partial charge in [0.15, 0.2) is 0 Å². The van der Waals surface area contributed by atoms with E-state index in [0.717, 1.165) is 31.4 Å². The second-order valence-corrected chi connectivity index (χ2v) is 25.8. The van der Waals surface area contributed by atoms with Gasteiger partial charge in [-0.05, 0) is 144 Å². The fourth-order valence-electron chi connectivity index (χ4n) is 14.7. The molecule has 0 N–H and O–H groups in total. The largest absolute Gasteiger partial charge is 0.310 e. The zero-order valence-electron chi connectivity index (χ0n) is 75.7. The molecule has 15 aromatic carbocycles. The molecule has 0 aliphatic carbocycles. The number of fused-ring (bicyclic) bond motifs is 10. The third-order valence-electron chi connectivity index (χ3n) is 19.2. The van der Waals surface area contributed by atoms with E-state index >= 15 is 0 Å². The summed E-state index contributed by atoms with van der Waals surface area (Å²) < 4.78 is 222. The molecule has 19 rings (SSSR count). The van der Waals surface area contributed by atoms with Crippen molar-refractivity contribution in [3.63, 3.8) is 0 Å². The number of para-hydroxylation sites is 6. The Balaban J connectivity index is 1.07. The number of rotatable bonds is 10. The van der Waals surface area contributed by atoms with E-state index < -0.39 is 179 Å². The van der Waals surface area contributed by atoms with Gasteiger partial charge in [-0.25, -0.2) is 0 Å². The average Bonchev–Trinajstić information content (AvgIpc) is 1.67. The second kappa shape index (κ2) is 23.2. The maximum atomic E-state index is 11.7. The summed E-state index contributed by atoms with van der Waals surface area (Å²) in [4.78, 5) is 3.73. The van der Waals surface area contributed by atoms with Crippen molar-refractivity contribution >= 4 is 101 Å². The fraction of sp³-hybridized carbons (Fsp3) is 0.0426. The normalized spacial score (nSPS) is 15.6. The van der Waals surface area contributed by atoms with Crippen LogP contribution in [-0.2, 0) is 5.41 Å². The van der Waals surface area contributed by atoms with E-state index in [1.807, 2.05) is 249 Å². The lowest BCUT2D eigenvalue weighted by Crippen LogP contribution is -2.61. The molecule has 17 aromatic rings. The summed E-state index contributed by atoms with van der Waals surface area (Å²) in [6.07, 6.45) is 0. The molecule has 0 atom stereocenters. The lowest BCUT2D eigenvalue weighted by Gasteiger charge is -2.46. The monoisotopic (exact) mass is 1280 g/mol. The molecule has 0 radical (unpaired) electrons. The van der Waals surface area contributed by atoms with Crippen molar-refractivity contribution < 1.29 is 30.2 Å². The maximum absolute atomic E-state index is 11.7. The minimum Gasteiger partial charge on any atom is -0.310 e. The Hall–Kier alpha value is -12.4. The smallest absolute Gasteiger partial charge is 0.252 e. The van der Waals surface area contributed by atoms with Crippen LogP contribution < -0.4 is 26.2 Å². The molecule has 4 heterocycles. The van der Waals surface area contributed by atoms with E-state index in [4.69, 9.17) is 5.48 Å². The SMILES string of the molecule is [2H]c1c([2H])c(-n2c3c([2H])c([2H])c([2H])c([2H])c3c3c([2H])c([2H])c([2H])c([2H])c32)c([2H])c2c1B1c3c(cc(C(C)(C)C)cc3N(c3c(-c4ccccc4)cccc3-c3cccc(-c4ccccc4)c3)c3c([2H])c(-n4c5c([2H])c([2H])c([2H])c([2H])c5c5c([2H])c([2H])c([2H])c([2H])c54)c([2H])c([2H])c31)N2c1c(-c2ccccc2)cccc1-c1cccc(-c2ccccc2)c1. The van der Waals surface area contributed by atoms with Crippen LogP contribution in [0.5, 0.6) is 0 Å². The summed E-state index contributed by atoms with van der Waals surface area (Å²) >= 11 is 0. The van der Waals surface area contributed by atoms with Crippen molar-refractivity contribution in [2.45, 2.75) is 26.2 Å². The van der Waals surface area contributed by atoms with Gasteiger partial charge in [-0.3, -0.25) is 0 Å². The number of aromatic nitrogens is 2. The maximum Gasteiger partial charge on any atom is 0.252 e. The minimum absolute atomic E-state index is 0.166. The average molecular weight is 1290 g/mol. The fourth-order valence-corrected chi connectivity index (χ4v) is 14.7. The van der Waals surface area contributed by atoms with Crippen molar-refractivity contribution in [1.82, 2.24) is 9.13 Å². The third-order valence-corrected chi connectivity index (χ3v) is 19.2. The van der Waals surface area contributed by atoms with Gasteiger partial charge in [0, 0.05) is 77.9 Å². The van der Waals surface area contributed by atoms with Gasteiger partial charge < -0.3 is 18.9 Å². The molecule has 0 spiro atoms. The van der Waals surface area contributed by atoms with E-state index in [9.17, 15) is 24.7 Å².